The summed E-state index contributed by atoms with van der Waals surface area (Å²) < 4.78 is 19.8. The van der Waals surface area contributed by atoms with Crippen molar-refractivity contribution in [3.8, 4) is 0 Å². The van der Waals surface area contributed by atoms with E-state index in [-0.39, 0.29) is 30.7 Å². The molecule has 2 aliphatic rings. The Balaban J connectivity index is 1.69. The Labute approximate surface area is 177 Å². The van der Waals surface area contributed by atoms with Gasteiger partial charge in [0, 0.05) is 31.9 Å². The number of amides is 2. The van der Waals surface area contributed by atoms with Crippen molar-refractivity contribution in [2.24, 2.45) is 17.6 Å². The number of carbonyl (C=O) groups is 2. The van der Waals surface area contributed by atoms with Crippen molar-refractivity contribution in [3.63, 3.8) is 0 Å². The highest BCUT2D eigenvalue weighted by molar-refractivity contribution is 5.97. The molecule has 7 nitrogen and oxygen atoms in total. The topological polar surface area (TPSA) is 87.9 Å². The highest BCUT2D eigenvalue weighted by atomic mass is 19.1. The van der Waals surface area contributed by atoms with Gasteiger partial charge in [-0.25, -0.2) is 4.39 Å². The van der Waals surface area contributed by atoms with Gasteiger partial charge in [0.05, 0.1) is 12.3 Å². The van der Waals surface area contributed by atoms with Crippen LogP contribution in [0.3, 0.4) is 0 Å². The molecule has 0 spiro atoms. The van der Waals surface area contributed by atoms with Gasteiger partial charge in [0.1, 0.15) is 18.5 Å². The van der Waals surface area contributed by atoms with Crippen LogP contribution in [-0.4, -0.2) is 62.1 Å². The van der Waals surface area contributed by atoms with Crippen LogP contribution in [-0.2, 0) is 14.3 Å². The fourth-order valence-electron chi connectivity index (χ4n) is 4.03. The Hall–Kier alpha value is -2.03. The van der Waals surface area contributed by atoms with E-state index in [1.165, 1.54) is 36.3 Å². The summed E-state index contributed by atoms with van der Waals surface area (Å²) in [6, 6.07) is 3.93. The highest BCUT2D eigenvalue weighted by Gasteiger charge is 2.30. The SMILES string of the molecule is CC(C)CN(CC1CCC1)[C@@H](CN)C(=O)Nc1ccc(N2CCOCC2=O)c(F)c1. The highest BCUT2D eigenvalue weighted by Crippen LogP contribution is 2.28. The predicted molar refractivity (Wildman–Crippen MR) is 115 cm³/mol. The maximum absolute atomic E-state index is 14.7. The monoisotopic (exact) mass is 420 g/mol. The number of hydrogen-bond acceptors (Lipinski definition) is 5. The van der Waals surface area contributed by atoms with Gasteiger partial charge in [-0.1, -0.05) is 20.3 Å². The van der Waals surface area contributed by atoms with Crippen LogP contribution in [0.1, 0.15) is 33.1 Å². The van der Waals surface area contributed by atoms with Crippen LogP contribution < -0.4 is 16.0 Å². The van der Waals surface area contributed by atoms with E-state index < -0.39 is 11.9 Å². The molecule has 8 heteroatoms. The third-order valence-corrected chi connectivity index (χ3v) is 5.78. The fraction of sp³-hybridized carbons (Fsp3) is 0.636. The first-order valence-corrected chi connectivity index (χ1v) is 10.8. The zero-order valence-electron chi connectivity index (χ0n) is 17.9. The van der Waals surface area contributed by atoms with Gasteiger partial charge in [-0.3, -0.25) is 14.5 Å². The number of benzene rings is 1. The lowest BCUT2D eigenvalue weighted by atomic mass is 9.84. The standard InChI is InChI=1S/C22H33FN4O3/c1-15(2)12-26(13-16-4-3-5-16)20(11-24)22(29)25-17-6-7-19(18(23)10-17)27-8-9-30-14-21(27)28/h6-7,10,15-16,20H,3-5,8-9,11-14,24H2,1-2H3,(H,25,29)/t20-/m0/s1. The molecule has 0 unspecified atom stereocenters. The van der Waals surface area contributed by atoms with Crippen LogP contribution >= 0.6 is 0 Å². The quantitative estimate of drug-likeness (QED) is 0.640. The third kappa shape index (κ3) is 5.56. The molecule has 1 aliphatic carbocycles. The lowest BCUT2D eigenvalue weighted by Gasteiger charge is -2.37. The van der Waals surface area contributed by atoms with Crippen molar-refractivity contribution < 1.29 is 18.7 Å². The predicted octanol–water partition coefficient (Wildman–Crippen LogP) is 2.21. The number of hydrogen-bond donors (Lipinski definition) is 2. The number of nitrogens with zero attached hydrogens (tertiary/aromatic N) is 2. The van der Waals surface area contributed by atoms with Crippen LogP contribution in [0.4, 0.5) is 15.8 Å². The molecule has 1 atom stereocenters. The summed E-state index contributed by atoms with van der Waals surface area (Å²) in [5.41, 5.74) is 6.53. The molecule has 1 heterocycles. The van der Waals surface area contributed by atoms with Gasteiger partial charge in [-0.15, -0.1) is 0 Å². The number of nitrogens with two attached hydrogens (primary N) is 1. The van der Waals surface area contributed by atoms with Crippen LogP contribution in [0, 0.1) is 17.7 Å². The van der Waals surface area contributed by atoms with E-state index in [4.69, 9.17) is 10.5 Å². The average Bonchev–Trinajstić information content (AvgIpc) is 2.65. The second-order valence-electron chi connectivity index (χ2n) is 8.65. The normalized spacial score (nSPS) is 18.6. The number of ether oxygens (including phenoxy) is 1. The zero-order valence-corrected chi connectivity index (χ0v) is 17.9. The van der Waals surface area contributed by atoms with Crippen molar-refractivity contribution in [2.75, 3.05) is 49.6 Å². The summed E-state index contributed by atoms with van der Waals surface area (Å²) in [6.45, 7) is 6.73. The minimum absolute atomic E-state index is 0.0528. The molecule has 3 rings (SSSR count). The summed E-state index contributed by atoms with van der Waals surface area (Å²) in [6.07, 6.45) is 3.64. The first kappa shape index (κ1) is 22.7. The summed E-state index contributed by atoms with van der Waals surface area (Å²) in [5, 5.41) is 2.81. The molecular formula is C22H33FN4O3. The van der Waals surface area contributed by atoms with Gasteiger partial charge in [-0.05, 0) is 42.9 Å². The van der Waals surface area contributed by atoms with Crippen molar-refractivity contribution in [1.82, 2.24) is 4.90 Å². The molecule has 30 heavy (non-hydrogen) atoms. The maximum Gasteiger partial charge on any atom is 0.253 e. The van der Waals surface area contributed by atoms with Gasteiger partial charge < -0.3 is 20.7 Å². The average molecular weight is 421 g/mol. The van der Waals surface area contributed by atoms with E-state index >= 15 is 0 Å². The van der Waals surface area contributed by atoms with Gasteiger partial charge >= 0.3 is 0 Å². The molecule has 1 saturated heterocycles. The summed E-state index contributed by atoms with van der Waals surface area (Å²) in [5.74, 6) is -0.0310. The fourth-order valence-corrected chi connectivity index (χ4v) is 4.03. The molecule has 1 saturated carbocycles. The maximum atomic E-state index is 14.7. The minimum Gasteiger partial charge on any atom is -0.370 e. The zero-order chi connectivity index (χ0) is 21.7. The summed E-state index contributed by atoms with van der Waals surface area (Å²) in [4.78, 5) is 28.5. The third-order valence-electron chi connectivity index (χ3n) is 5.78. The van der Waals surface area contributed by atoms with Crippen molar-refractivity contribution in [1.29, 1.82) is 0 Å². The van der Waals surface area contributed by atoms with Crippen LogP contribution in [0.25, 0.3) is 0 Å². The largest absolute Gasteiger partial charge is 0.370 e. The first-order chi connectivity index (χ1) is 14.4. The molecule has 2 amide bonds. The Morgan fingerprint density at radius 2 is 2.17 bits per heavy atom. The Kier molecular flexibility index (Phi) is 7.80. The number of anilines is 2. The molecule has 0 aromatic heterocycles. The van der Waals surface area contributed by atoms with Crippen molar-refractivity contribution in [3.05, 3.63) is 24.0 Å². The molecular weight excluding hydrogens is 387 g/mol. The molecule has 1 aliphatic heterocycles. The van der Waals surface area contributed by atoms with Gasteiger partial charge in [-0.2, -0.15) is 0 Å². The Bertz CT molecular complexity index is 754. The Morgan fingerprint density at radius 3 is 2.73 bits per heavy atom. The number of rotatable bonds is 9. The number of nitrogens with one attached hydrogen (secondary N) is 1. The van der Waals surface area contributed by atoms with Crippen molar-refractivity contribution >= 4 is 23.2 Å². The summed E-state index contributed by atoms with van der Waals surface area (Å²) in [7, 11) is 0. The second-order valence-corrected chi connectivity index (χ2v) is 8.65. The van der Waals surface area contributed by atoms with Crippen molar-refractivity contribution in [2.45, 2.75) is 39.2 Å². The molecule has 3 N–H and O–H groups in total. The van der Waals surface area contributed by atoms with E-state index in [0.717, 1.165) is 13.1 Å². The van der Waals surface area contributed by atoms with E-state index in [2.05, 4.69) is 24.1 Å². The number of halogens is 1. The smallest absolute Gasteiger partial charge is 0.253 e. The van der Waals surface area contributed by atoms with Crippen LogP contribution in [0.5, 0.6) is 0 Å². The molecule has 166 valence electrons. The van der Waals surface area contributed by atoms with Crippen LogP contribution in [0.2, 0.25) is 0 Å². The van der Waals surface area contributed by atoms with E-state index in [0.29, 0.717) is 30.7 Å². The first-order valence-electron chi connectivity index (χ1n) is 10.8. The van der Waals surface area contributed by atoms with Gasteiger partial charge in [0.2, 0.25) is 5.91 Å². The summed E-state index contributed by atoms with van der Waals surface area (Å²) >= 11 is 0. The molecule has 2 fully saturated rings. The lowest BCUT2D eigenvalue weighted by molar-refractivity contribution is -0.125. The number of carbonyl (C=O) groups excluding carboxylic acids is 2. The molecule has 0 bridgehead atoms. The molecule has 1 aromatic carbocycles. The minimum atomic E-state index is -0.555. The lowest BCUT2D eigenvalue weighted by Crippen LogP contribution is -2.52. The molecule has 0 radical (unpaired) electrons. The van der Waals surface area contributed by atoms with Crippen LogP contribution in [0.15, 0.2) is 18.2 Å². The second kappa shape index (κ2) is 10.3. The molecule has 1 aromatic rings. The van der Waals surface area contributed by atoms with Gasteiger partial charge in [0.15, 0.2) is 0 Å². The van der Waals surface area contributed by atoms with E-state index in [1.807, 2.05) is 0 Å². The Morgan fingerprint density at radius 1 is 1.40 bits per heavy atom. The number of morpholine rings is 1. The van der Waals surface area contributed by atoms with E-state index in [1.54, 1.807) is 6.07 Å². The van der Waals surface area contributed by atoms with E-state index in [9.17, 15) is 14.0 Å². The van der Waals surface area contributed by atoms with Gasteiger partial charge in [0.25, 0.3) is 5.91 Å².